The molecule has 0 N–H and O–H groups in total. The van der Waals surface area contributed by atoms with E-state index >= 15 is 0 Å². The van der Waals surface area contributed by atoms with E-state index in [1.165, 1.54) is 15.8 Å². The molecule has 0 bridgehead atoms. The van der Waals surface area contributed by atoms with Crippen LogP contribution in [0.5, 0.6) is 0 Å². The summed E-state index contributed by atoms with van der Waals surface area (Å²) in [5.74, 6) is 0.157. The summed E-state index contributed by atoms with van der Waals surface area (Å²) >= 11 is 1.66. The van der Waals surface area contributed by atoms with Gasteiger partial charge in [0.2, 0.25) is 5.91 Å². The van der Waals surface area contributed by atoms with Gasteiger partial charge in [0.1, 0.15) is 5.01 Å². The summed E-state index contributed by atoms with van der Waals surface area (Å²) in [5.41, 5.74) is 3.69. The zero-order chi connectivity index (χ0) is 18.7. The normalized spacial score (nSPS) is 11.7. The molecule has 4 heteroatoms. The van der Waals surface area contributed by atoms with Crippen molar-refractivity contribution in [3.63, 3.8) is 0 Å². The number of fused-ring (bicyclic) bond motifs is 1. The second kappa shape index (κ2) is 7.58. The summed E-state index contributed by atoms with van der Waals surface area (Å²) in [5, 5.41) is 0.983. The predicted molar refractivity (Wildman–Crippen MR) is 110 cm³/mol. The number of hydrogen-bond donors (Lipinski definition) is 0. The second-order valence-electron chi connectivity index (χ2n) is 7.77. The van der Waals surface area contributed by atoms with Crippen molar-refractivity contribution in [1.82, 2.24) is 9.88 Å². The maximum absolute atomic E-state index is 12.5. The lowest BCUT2D eigenvalue weighted by molar-refractivity contribution is -0.130. The van der Waals surface area contributed by atoms with E-state index in [2.05, 4.69) is 56.1 Å². The van der Waals surface area contributed by atoms with Crippen molar-refractivity contribution in [2.24, 2.45) is 0 Å². The van der Waals surface area contributed by atoms with Crippen molar-refractivity contribution in [2.75, 3.05) is 7.05 Å². The number of thiazole rings is 1. The lowest BCUT2D eigenvalue weighted by Crippen LogP contribution is -2.26. The third-order valence-electron chi connectivity index (χ3n) is 4.58. The highest BCUT2D eigenvalue weighted by molar-refractivity contribution is 7.18. The van der Waals surface area contributed by atoms with Gasteiger partial charge in [-0.25, -0.2) is 4.98 Å². The molecule has 1 amide bonds. The third kappa shape index (κ3) is 4.50. The van der Waals surface area contributed by atoms with Gasteiger partial charge in [0.15, 0.2) is 0 Å². The largest absolute Gasteiger partial charge is 0.339 e. The van der Waals surface area contributed by atoms with Gasteiger partial charge in [-0.2, -0.15) is 0 Å². The number of carbonyl (C=O) groups is 1. The Hall–Kier alpha value is -2.20. The standard InChI is InChI=1S/C22H26N2OS/c1-22(2,3)17-12-9-16(10-13-17)11-14-21(25)24(4)15-20-23-18-7-5-6-8-19(18)26-20/h5-10,12-13H,11,14-15H2,1-4H3. The van der Waals surface area contributed by atoms with Crippen molar-refractivity contribution in [3.8, 4) is 0 Å². The van der Waals surface area contributed by atoms with Crippen LogP contribution in [0.1, 0.15) is 43.3 Å². The lowest BCUT2D eigenvalue weighted by Gasteiger charge is -2.19. The first-order valence-electron chi connectivity index (χ1n) is 9.01. The van der Waals surface area contributed by atoms with Gasteiger partial charge in [-0.1, -0.05) is 57.2 Å². The Labute approximate surface area is 159 Å². The number of benzene rings is 2. The molecule has 0 aliphatic rings. The first-order chi connectivity index (χ1) is 12.3. The fourth-order valence-corrected chi connectivity index (χ4v) is 3.91. The fourth-order valence-electron chi connectivity index (χ4n) is 2.89. The van der Waals surface area contributed by atoms with Gasteiger partial charge in [-0.15, -0.1) is 11.3 Å². The van der Waals surface area contributed by atoms with E-state index in [-0.39, 0.29) is 11.3 Å². The van der Waals surface area contributed by atoms with Crippen molar-refractivity contribution in [3.05, 3.63) is 64.7 Å². The van der Waals surface area contributed by atoms with E-state index in [0.717, 1.165) is 16.9 Å². The Morgan fingerprint density at radius 1 is 1.08 bits per heavy atom. The molecule has 3 nitrogen and oxygen atoms in total. The van der Waals surface area contributed by atoms with Crippen LogP contribution >= 0.6 is 11.3 Å². The van der Waals surface area contributed by atoms with Crippen LogP contribution in [0.2, 0.25) is 0 Å². The molecule has 1 aromatic heterocycles. The molecule has 0 aliphatic carbocycles. The molecule has 3 aromatic rings. The van der Waals surface area contributed by atoms with Crippen LogP contribution in [-0.4, -0.2) is 22.8 Å². The maximum Gasteiger partial charge on any atom is 0.223 e. The maximum atomic E-state index is 12.5. The first-order valence-corrected chi connectivity index (χ1v) is 9.82. The van der Waals surface area contributed by atoms with E-state index in [1.54, 1.807) is 16.2 Å². The summed E-state index contributed by atoms with van der Waals surface area (Å²) < 4.78 is 1.17. The SMILES string of the molecule is CN(Cc1nc2ccccc2s1)C(=O)CCc1ccc(C(C)(C)C)cc1. The molecule has 1 heterocycles. The second-order valence-corrected chi connectivity index (χ2v) is 8.89. The molecule has 0 aliphatic heterocycles. The van der Waals surface area contributed by atoms with E-state index in [4.69, 9.17) is 0 Å². The number of aromatic nitrogens is 1. The average molecular weight is 367 g/mol. The van der Waals surface area contributed by atoms with Gasteiger partial charge in [0, 0.05) is 13.5 Å². The lowest BCUT2D eigenvalue weighted by atomic mass is 9.86. The van der Waals surface area contributed by atoms with Crippen molar-refractivity contribution < 1.29 is 4.79 Å². The number of carbonyl (C=O) groups excluding carboxylic acids is 1. The summed E-state index contributed by atoms with van der Waals surface area (Å²) in [4.78, 5) is 18.9. The van der Waals surface area contributed by atoms with Crippen LogP contribution in [0.4, 0.5) is 0 Å². The topological polar surface area (TPSA) is 33.2 Å². The van der Waals surface area contributed by atoms with Crippen LogP contribution in [0.3, 0.4) is 0 Å². The molecule has 0 radical (unpaired) electrons. The molecule has 3 rings (SSSR count). The smallest absolute Gasteiger partial charge is 0.223 e. The fraction of sp³-hybridized carbons (Fsp3) is 0.364. The Balaban J connectivity index is 1.55. The summed E-state index contributed by atoms with van der Waals surface area (Å²) in [6.07, 6.45) is 1.30. The molecule has 0 saturated carbocycles. The van der Waals surface area contributed by atoms with Crippen LogP contribution < -0.4 is 0 Å². The van der Waals surface area contributed by atoms with E-state index in [9.17, 15) is 4.79 Å². The monoisotopic (exact) mass is 366 g/mol. The van der Waals surface area contributed by atoms with Crippen LogP contribution in [0, 0.1) is 0 Å². The van der Waals surface area contributed by atoms with Gasteiger partial charge in [0.25, 0.3) is 0 Å². The number of para-hydroxylation sites is 1. The highest BCUT2D eigenvalue weighted by Gasteiger charge is 2.14. The van der Waals surface area contributed by atoms with E-state index in [1.807, 2.05) is 25.2 Å². The van der Waals surface area contributed by atoms with Gasteiger partial charge in [-0.3, -0.25) is 4.79 Å². The minimum Gasteiger partial charge on any atom is -0.339 e. The van der Waals surface area contributed by atoms with Crippen molar-refractivity contribution >= 4 is 27.5 Å². The van der Waals surface area contributed by atoms with Gasteiger partial charge >= 0.3 is 0 Å². The third-order valence-corrected chi connectivity index (χ3v) is 5.61. The molecule has 26 heavy (non-hydrogen) atoms. The molecule has 0 atom stereocenters. The van der Waals surface area contributed by atoms with Gasteiger partial charge in [-0.05, 0) is 35.1 Å². The summed E-state index contributed by atoms with van der Waals surface area (Å²) in [6.45, 7) is 7.20. The summed E-state index contributed by atoms with van der Waals surface area (Å²) in [6, 6.07) is 16.7. The Morgan fingerprint density at radius 2 is 1.77 bits per heavy atom. The Bertz CT molecular complexity index is 857. The highest BCUT2D eigenvalue weighted by Crippen LogP contribution is 2.24. The Morgan fingerprint density at radius 3 is 2.42 bits per heavy atom. The minimum absolute atomic E-state index is 0.157. The molecule has 2 aromatic carbocycles. The summed E-state index contributed by atoms with van der Waals surface area (Å²) in [7, 11) is 1.86. The molecule has 0 fully saturated rings. The molecule has 0 spiro atoms. The Kier molecular flexibility index (Phi) is 5.42. The molecular formula is C22H26N2OS. The van der Waals surface area contributed by atoms with E-state index in [0.29, 0.717) is 13.0 Å². The van der Waals surface area contributed by atoms with Crippen LogP contribution in [0.25, 0.3) is 10.2 Å². The minimum atomic E-state index is 0.157. The zero-order valence-corrected chi connectivity index (χ0v) is 16.8. The van der Waals surface area contributed by atoms with E-state index < -0.39 is 0 Å². The van der Waals surface area contributed by atoms with Gasteiger partial charge in [0.05, 0.1) is 16.8 Å². The molecule has 136 valence electrons. The van der Waals surface area contributed by atoms with Crippen LogP contribution in [-0.2, 0) is 23.2 Å². The number of amides is 1. The number of rotatable bonds is 5. The number of hydrogen-bond acceptors (Lipinski definition) is 3. The van der Waals surface area contributed by atoms with Crippen molar-refractivity contribution in [2.45, 2.75) is 45.6 Å². The molecule has 0 unspecified atom stereocenters. The molecule has 0 saturated heterocycles. The van der Waals surface area contributed by atoms with Crippen LogP contribution in [0.15, 0.2) is 48.5 Å². The predicted octanol–water partition coefficient (Wildman–Crippen LogP) is 5.19. The highest BCUT2D eigenvalue weighted by atomic mass is 32.1. The molecular weight excluding hydrogens is 340 g/mol. The first kappa shape index (κ1) is 18.6. The quantitative estimate of drug-likeness (QED) is 0.623. The number of nitrogens with zero attached hydrogens (tertiary/aromatic N) is 2. The average Bonchev–Trinajstić information content (AvgIpc) is 3.01. The zero-order valence-electron chi connectivity index (χ0n) is 16.0. The van der Waals surface area contributed by atoms with Crippen molar-refractivity contribution in [1.29, 1.82) is 0 Å². The van der Waals surface area contributed by atoms with Gasteiger partial charge < -0.3 is 4.90 Å². The number of aryl methyl sites for hydroxylation is 1.